The number of aryl methyl sites for hydroxylation is 1. The van der Waals surface area contributed by atoms with Gasteiger partial charge >= 0.3 is 0 Å². The van der Waals surface area contributed by atoms with Crippen molar-refractivity contribution in [2.24, 2.45) is 0 Å². The van der Waals surface area contributed by atoms with E-state index in [1.807, 2.05) is 25.1 Å². The molecule has 16 heavy (non-hydrogen) atoms. The van der Waals surface area contributed by atoms with Crippen LogP contribution < -0.4 is 4.74 Å². The second-order valence-corrected chi connectivity index (χ2v) is 3.41. The van der Waals surface area contributed by atoms with Gasteiger partial charge in [0.25, 0.3) is 0 Å². The molecule has 2 aromatic rings. The van der Waals surface area contributed by atoms with Crippen LogP contribution in [0.5, 0.6) is 5.75 Å². The predicted octanol–water partition coefficient (Wildman–Crippen LogP) is 1.45. The maximum absolute atomic E-state index is 9.17. The van der Waals surface area contributed by atoms with Crippen molar-refractivity contribution in [3.8, 4) is 5.75 Å². The summed E-state index contributed by atoms with van der Waals surface area (Å²) in [7, 11) is 0. The van der Waals surface area contributed by atoms with Crippen LogP contribution in [0.3, 0.4) is 0 Å². The Morgan fingerprint density at radius 1 is 1.44 bits per heavy atom. The molecule has 5 nitrogen and oxygen atoms in total. The van der Waals surface area contributed by atoms with Gasteiger partial charge in [0.2, 0.25) is 12.2 Å². The van der Waals surface area contributed by atoms with Crippen LogP contribution >= 0.6 is 0 Å². The molecule has 0 aliphatic rings. The Bertz CT molecular complexity index is 454. The molecule has 0 fully saturated rings. The number of aromatic nitrogens is 2. The van der Waals surface area contributed by atoms with Gasteiger partial charge in [-0.25, -0.2) is 0 Å². The molecular formula is C11H12N2O3. The number of hydrogen-bond donors (Lipinski definition) is 1. The Morgan fingerprint density at radius 3 is 3.00 bits per heavy atom. The second kappa shape index (κ2) is 4.76. The van der Waals surface area contributed by atoms with Crippen LogP contribution in [-0.4, -0.2) is 15.2 Å². The zero-order valence-corrected chi connectivity index (χ0v) is 8.88. The average molecular weight is 220 g/mol. The zero-order valence-electron chi connectivity index (χ0n) is 8.88. The summed E-state index contributed by atoms with van der Waals surface area (Å²) in [6.45, 7) is 2.14. The molecule has 0 amide bonds. The van der Waals surface area contributed by atoms with Crippen LogP contribution in [0, 0.1) is 6.92 Å². The van der Waals surface area contributed by atoms with Crippen molar-refractivity contribution >= 4 is 0 Å². The topological polar surface area (TPSA) is 68.4 Å². The highest BCUT2D eigenvalue weighted by atomic mass is 16.5. The fourth-order valence-electron chi connectivity index (χ4n) is 1.37. The lowest BCUT2D eigenvalue weighted by molar-refractivity contribution is 0.253. The fraction of sp³-hybridized carbons (Fsp3) is 0.273. The molecule has 1 heterocycles. The van der Waals surface area contributed by atoms with Gasteiger partial charge in [0.1, 0.15) is 5.75 Å². The Labute approximate surface area is 92.7 Å². The highest BCUT2D eigenvalue weighted by Crippen LogP contribution is 2.20. The third kappa shape index (κ3) is 2.38. The van der Waals surface area contributed by atoms with E-state index in [1.54, 1.807) is 0 Å². The van der Waals surface area contributed by atoms with E-state index in [0.29, 0.717) is 11.6 Å². The lowest BCUT2D eigenvalue weighted by atomic mass is 10.1. The van der Waals surface area contributed by atoms with Crippen LogP contribution in [-0.2, 0) is 13.2 Å². The summed E-state index contributed by atoms with van der Waals surface area (Å²) >= 11 is 0. The van der Waals surface area contributed by atoms with E-state index in [1.165, 1.54) is 6.39 Å². The van der Waals surface area contributed by atoms with Crippen molar-refractivity contribution in [3.63, 3.8) is 0 Å². The van der Waals surface area contributed by atoms with E-state index >= 15 is 0 Å². The van der Waals surface area contributed by atoms with Gasteiger partial charge in [-0.1, -0.05) is 22.9 Å². The van der Waals surface area contributed by atoms with Gasteiger partial charge in [-0.05, 0) is 13.0 Å². The molecule has 2 rings (SSSR count). The van der Waals surface area contributed by atoms with E-state index in [-0.39, 0.29) is 13.2 Å². The maximum Gasteiger partial charge on any atom is 0.213 e. The molecular weight excluding hydrogens is 208 g/mol. The molecule has 84 valence electrons. The molecule has 0 aliphatic carbocycles. The first-order valence-corrected chi connectivity index (χ1v) is 4.88. The maximum atomic E-state index is 9.17. The summed E-state index contributed by atoms with van der Waals surface area (Å²) in [4.78, 5) is 3.84. The van der Waals surface area contributed by atoms with Crippen molar-refractivity contribution < 1.29 is 14.4 Å². The lowest BCUT2D eigenvalue weighted by Gasteiger charge is -2.08. The Balaban J connectivity index is 2.09. The average Bonchev–Trinajstić information content (AvgIpc) is 2.80. The predicted molar refractivity (Wildman–Crippen MR) is 55.7 cm³/mol. The van der Waals surface area contributed by atoms with Crippen LogP contribution in [0.2, 0.25) is 0 Å². The fourth-order valence-corrected chi connectivity index (χ4v) is 1.37. The van der Waals surface area contributed by atoms with Gasteiger partial charge in [-0.2, -0.15) is 4.98 Å². The summed E-state index contributed by atoms with van der Waals surface area (Å²) in [5.74, 6) is 1.11. The van der Waals surface area contributed by atoms with Gasteiger partial charge in [0.05, 0.1) is 6.61 Å². The monoisotopic (exact) mass is 220 g/mol. The molecule has 0 aliphatic heterocycles. The third-order valence-electron chi connectivity index (χ3n) is 2.15. The van der Waals surface area contributed by atoms with Crippen molar-refractivity contribution in [1.29, 1.82) is 0 Å². The molecule has 0 saturated carbocycles. The molecule has 1 N–H and O–H groups in total. The minimum atomic E-state index is -0.0523. The van der Waals surface area contributed by atoms with E-state index in [0.717, 1.165) is 11.1 Å². The summed E-state index contributed by atoms with van der Waals surface area (Å²) in [5.41, 5.74) is 1.83. The van der Waals surface area contributed by atoms with Crippen LogP contribution in [0.4, 0.5) is 0 Å². The van der Waals surface area contributed by atoms with Gasteiger partial charge < -0.3 is 14.4 Å². The van der Waals surface area contributed by atoms with Gasteiger partial charge in [0.15, 0.2) is 6.61 Å². The van der Waals surface area contributed by atoms with Crippen molar-refractivity contribution in [1.82, 2.24) is 10.1 Å². The molecule has 0 saturated heterocycles. The van der Waals surface area contributed by atoms with Crippen LogP contribution in [0.1, 0.15) is 17.0 Å². The number of hydrogen-bond acceptors (Lipinski definition) is 5. The lowest BCUT2D eigenvalue weighted by Crippen LogP contribution is -2.00. The highest BCUT2D eigenvalue weighted by molar-refractivity contribution is 5.36. The molecule has 1 aromatic carbocycles. The zero-order chi connectivity index (χ0) is 11.4. The number of nitrogens with zero attached hydrogens (tertiary/aromatic N) is 2. The number of ether oxygens (including phenoxy) is 1. The van der Waals surface area contributed by atoms with Gasteiger partial charge in [-0.3, -0.25) is 0 Å². The number of benzene rings is 1. The summed E-state index contributed by atoms with van der Waals surface area (Å²) < 4.78 is 10.1. The first-order valence-electron chi connectivity index (χ1n) is 4.88. The van der Waals surface area contributed by atoms with E-state index in [4.69, 9.17) is 4.74 Å². The smallest absolute Gasteiger partial charge is 0.213 e. The van der Waals surface area contributed by atoms with Crippen LogP contribution in [0.25, 0.3) is 0 Å². The Morgan fingerprint density at radius 2 is 2.31 bits per heavy atom. The van der Waals surface area contributed by atoms with E-state index < -0.39 is 0 Å². The molecule has 0 spiro atoms. The SMILES string of the molecule is Cc1ccc(OCc2ncon2)c(CO)c1. The molecule has 0 atom stereocenters. The first kappa shape index (κ1) is 10.6. The largest absolute Gasteiger partial charge is 0.485 e. The second-order valence-electron chi connectivity index (χ2n) is 3.41. The molecule has 0 radical (unpaired) electrons. The van der Waals surface area contributed by atoms with E-state index in [9.17, 15) is 5.11 Å². The van der Waals surface area contributed by atoms with Crippen LogP contribution in [0.15, 0.2) is 29.1 Å². The van der Waals surface area contributed by atoms with Gasteiger partial charge in [0, 0.05) is 5.56 Å². The minimum Gasteiger partial charge on any atom is -0.485 e. The summed E-state index contributed by atoms with van der Waals surface area (Å²) in [6.07, 6.45) is 1.25. The number of aliphatic hydroxyl groups is 1. The quantitative estimate of drug-likeness (QED) is 0.844. The molecule has 5 heteroatoms. The standard InChI is InChI=1S/C11H12N2O3/c1-8-2-3-10(9(4-8)5-14)15-6-11-12-7-16-13-11/h2-4,7,14H,5-6H2,1H3. The summed E-state index contributed by atoms with van der Waals surface area (Å²) in [5, 5.41) is 12.8. The normalized spacial score (nSPS) is 10.4. The minimum absolute atomic E-state index is 0.0523. The van der Waals surface area contributed by atoms with Gasteiger partial charge in [-0.15, -0.1) is 0 Å². The number of aliphatic hydroxyl groups excluding tert-OH is 1. The third-order valence-corrected chi connectivity index (χ3v) is 2.15. The first-order chi connectivity index (χ1) is 7.79. The molecule has 0 bridgehead atoms. The Hall–Kier alpha value is -1.88. The van der Waals surface area contributed by atoms with Crippen molar-refractivity contribution in [3.05, 3.63) is 41.5 Å². The Kier molecular flexibility index (Phi) is 3.16. The molecule has 0 unspecified atom stereocenters. The van der Waals surface area contributed by atoms with Crippen molar-refractivity contribution in [2.75, 3.05) is 0 Å². The molecule has 1 aromatic heterocycles. The number of rotatable bonds is 4. The highest BCUT2D eigenvalue weighted by Gasteiger charge is 2.05. The van der Waals surface area contributed by atoms with Crippen molar-refractivity contribution in [2.45, 2.75) is 20.1 Å². The summed E-state index contributed by atoms with van der Waals surface area (Å²) in [6, 6.07) is 5.62. The van der Waals surface area contributed by atoms with E-state index in [2.05, 4.69) is 14.7 Å².